The van der Waals surface area contributed by atoms with Gasteiger partial charge in [-0.3, -0.25) is 4.68 Å². The lowest BCUT2D eigenvalue weighted by atomic mass is 10.1. The Balaban J connectivity index is 1.60. The number of nitrogens with zero attached hydrogens (tertiary/aromatic N) is 3. The maximum atomic E-state index is 13.9. The quantitative estimate of drug-likeness (QED) is 0.570. The van der Waals surface area contributed by atoms with Crippen LogP contribution in [0, 0.1) is 5.82 Å². The van der Waals surface area contributed by atoms with Gasteiger partial charge in [0, 0.05) is 40.7 Å². The van der Waals surface area contributed by atoms with E-state index in [2.05, 4.69) is 15.4 Å². The zero-order valence-corrected chi connectivity index (χ0v) is 17.2. The number of ether oxygens (including phenoxy) is 1. The van der Waals surface area contributed by atoms with Crippen molar-refractivity contribution in [3.8, 4) is 16.9 Å². The number of anilines is 1. The average molecular weight is 436 g/mol. The van der Waals surface area contributed by atoms with Gasteiger partial charge in [0.2, 0.25) is 0 Å². The SMILES string of the molecule is C[C@@H](Oc1cc(-c2cnn(C3CCNC3)c2)cnc1N)c1c(Cl)ccc(F)c1Cl. The molecule has 1 aliphatic heterocycles. The molecule has 6 nitrogen and oxygen atoms in total. The van der Waals surface area contributed by atoms with E-state index in [4.69, 9.17) is 33.7 Å². The molecule has 0 saturated carbocycles. The minimum Gasteiger partial charge on any atom is -0.482 e. The zero-order chi connectivity index (χ0) is 20.5. The topological polar surface area (TPSA) is 78.0 Å². The van der Waals surface area contributed by atoms with Gasteiger partial charge in [-0.05, 0) is 38.1 Å². The number of nitrogens with two attached hydrogens (primary N) is 1. The average Bonchev–Trinajstić information content (AvgIpc) is 3.38. The highest BCUT2D eigenvalue weighted by Gasteiger charge is 2.21. The van der Waals surface area contributed by atoms with Gasteiger partial charge in [0.25, 0.3) is 0 Å². The first-order valence-corrected chi connectivity index (χ1v) is 10.0. The van der Waals surface area contributed by atoms with Gasteiger partial charge in [-0.25, -0.2) is 9.37 Å². The van der Waals surface area contributed by atoms with Crippen LogP contribution in [0.2, 0.25) is 10.0 Å². The monoisotopic (exact) mass is 435 g/mol. The van der Waals surface area contributed by atoms with Gasteiger partial charge in [0.1, 0.15) is 11.9 Å². The van der Waals surface area contributed by atoms with Gasteiger partial charge >= 0.3 is 0 Å². The zero-order valence-electron chi connectivity index (χ0n) is 15.7. The summed E-state index contributed by atoms with van der Waals surface area (Å²) >= 11 is 12.3. The van der Waals surface area contributed by atoms with Gasteiger partial charge in [0.05, 0.1) is 17.3 Å². The van der Waals surface area contributed by atoms with E-state index in [0.717, 1.165) is 30.6 Å². The summed E-state index contributed by atoms with van der Waals surface area (Å²) in [5.74, 6) is 0.0218. The van der Waals surface area contributed by atoms with E-state index in [-0.39, 0.29) is 10.8 Å². The van der Waals surface area contributed by atoms with Crippen LogP contribution < -0.4 is 15.8 Å². The van der Waals surface area contributed by atoms with Crippen LogP contribution in [-0.4, -0.2) is 27.9 Å². The summed E-state index contributed by atoms with van der Waals surface area (Å²) in [5, 5.41) is 8.04. The fourth-order valence-electron chi connectivity index (χ4n) is 3.42. The van der Waals surface area contributed by atoms with Crippen LogP contribution in [0.15, 0.2) is 36.8 Å². The molecule has 3 aromatic rings. The third kappa shape index (κ3) is 4.03. The summed E-state index contributed by atoms with van der Waals surface area (Å²) in [6.07, 6.45) is 5.86. The summed E-state index contributed by atoms with van der Waals surface area (Å²) in [6.45, 7) is 3.62. The first kappa shape index (κ1) is 19.9. The molecule has 9 heteroatoms. The second kappa shape index (κ2) is 8.18. The van der Waals surface area contributed by atoms with Gasteiger partial charge in [-0.1, -0.05) is 23.2 Å². The third-order valence-electron chi connectivity index (χ3n) is 5.01. The number of aromatic nitrogens is 3. The molecule has 1 unspecified atom stereocenters. The molecule has 29 heavy (non-hydrogen) atoms. The van der Waals surface area contributed by atoms with Gasteiger partial charge in [-0.15, -0.1) is 0 Å². The molecule has 3 N–H and O–H groups in total. The van der Waals surface area contributed by atoms with Crippen molar-refractivity contribution in [2.24, 2.45) is 0 Å². The molecular weight excluding hydrogens is 416 g/mol. The van der Waals surface area contributed by atoms with Crippen molar-refractivity contribution in [3.63, 3.8) is 0 Å². The maximum absolute atomic E-state index is 13.9. The lowest BCUT2D eigenvalue weighted by Crippen LogP contribution is -2.13. The van der Waals surface area contributed by atoms with Crippen LogP contribution in [0.1, 0.15) is 31.1 Å². The number of hydrogen-bond acceptors (Lipinski definition) is 5. The van der Waals surface area contributed by atoms with Crippen LogP contribution in [0.3, 0.4) is 0 Å². The van der Waals surface area contributed by atoms with E-state index >= 15 is 0 Å². The Labute approximate surface area is 177 Å². The highest BCUT2D eigenvalue weighted by molar-refractivity contribution is 6.36. The minimum atomic E-state index is -0.627. The van der Waals surface area contributed by atoms with Crippen LogP contribution in [0.4, 0.5) is 10.2 Å². The van der Waals surface area contributed by atoms with Gasteiger partial charge in [-0.2, -0.15) is 5.10 Å². The number of pyridine rings is 1. The van der Waals surface area contributed by atoms with Crippen LogP contribution in [0.5, 0.6) is 5.75 Å². The molecule has 2 aromatic heterocycles. The molecule has 1 aliphatic rings. The highest BCUT2D eigenvalue weighted by Crippen LogP contribution is 2.37. The lowest BCUT2D eigenvalue weighted by Gasteiger charge is -2.19. The Hall–Kier alpha value is -2.35. The van der Waals surface area contributed by atoms with E-state index < -0.39 is 11.9 Å². The number of nitrogens with one attached hydrogen (secondary N) is 1. The molecule has 152 valence electrons. The van der Waals surface area contributed by atoms with Crippen molar-refractivity contribution in [3.05, 3.63) is 58.2 Å². The molecule has 1 aromatic carbocycles. The molecule has 0 aliphatic carbocycles. The van der Waals surface area contributed by atoms with Crippen molar-refractivity contribution >= 4 is 29.0 Å². The van der Waals surface area contributed by atoms with Crippen LogP contribution in [-0.2, 0) is 0 Å². The Morgan fingerprint density at radius 1 is 1.31 bits per heavy atom. The maximum Gasteiger partial charge on any atom is 0.166 e. The minimum absolute atomic E-state index is 0.0702. The summed E-state index contributed by atoms with van der Waals surface area (Å²) in [6, 6.07) is 4.80. The fraction of sp³-hybridized carbons (Fsp3) is 0.300. The number of hydrogen-bond donors (Lipinski definition) is 2. The van der Waals surface area contributed by atoms with E-state index in [1.165, 1.54) is 12.1 Å². The Kier molecular flexibility index (Phi) is 5.63. The summed E-state index contributed by atoms with van der Waals surface area (Å²) in [4.78, 5) is 4.23. The molecule has 0 bridgehead atoms. The number of halogens is 3. The molecule has 3 heterocycles. The second-order valence-electron chi connectivity index (χ2n) is 6.98. The summed E-state index contributed by atoms with van der Waals surface area (Å²) in [7, 11) is 0. The lowest BCUT2D eigenvalue weighted by molar-refractivity contribution is 0.227. The third-order valence-corrected chi connectivity index (χ3v) is 5.73. The number of nitrogen functional groups attached to an aromatic ring is 1. The van der Waals surface area contributed by atoms with Gasteiger partial charge in [0.15, 0.2) is 11.6 Å². The molecule has 0 radical (unpaired) electrons. The van der Waals surface area contributed by atoms with E-state index in [1.807, 2.05) is 10.9 Å². The number of rotatable bonds is 5. The summed E-state index contributed by atoms with van der Waals surface area (Å²) in [5.41, 5.74) is 8.08. The van der Waals surface area contributed by atoms with Crippen molar-refractivity contribution in [2.75, 3.05) is 18.8 Å². The van der Waals surface area contributed by atoms with Crippen LogP contribution >= 0.6 is 23.2 Å². The second-order valence-corrected chi connectivity index (χ2v) is 7.77. The Bertz CT molecular complexity index is 1040. The Morgan fingerprint density at radius 3 is 2.90 bits per heavy atom. The highest BCUT2D eigenvalue weighted by atomic mass is 35.5. The smallest absolute Gasteiger partial charge is 0.166 e. The molecule has 1 fully saturated rings. The van der Waals surface area contributed by atoms with E-state index in [9.17, 15) is 4.39 Å². The number of benzene rings is 1. The van der Waals surface area contributed by atoms with Crippen molar-refractivity contribution in [1.29, 1.82) is 0 Å². The fourth-order valence-corrected chi connectivity index (χ4v) is 4.10. The summed E-state index contributed by atoms with van der Waals surface area (Å²) < 4.78 is 21.8. The van der Waals surface area contributed by atoms with Crippen molar-refractivity contribution < 1.29 is 9.13 Å². The van der Waals surface area contributed by atoms with Crippen molar-refractivity contribution in [1.82, 2.24) is 20.1 Å². The van der Waals surface area contributed by atoms with Crippen molar-refractivity contribution in [2.45, 2.75) is 25.5 Å². The first-order valence-electron chi connectivity index (χ1n) is 9.25. The van der Waals surface area contributed by atoms with Gasteiger partial charge < -0.3 is 15.8 Å². The largest absolute Gasteiger partial charge is 0.482 e. The predicted octanol–water partition coefficient (Wildman–Crippen LogP) is 4.65. The molecular formula is C20H20Cl2FN5O. The standard InChI is InChI=1S/C20H20Cl2FN5O/c1-11(18-15(21)2-3-16(23)19(18)22)29-17-6-12(7-26-20(17)24)13-8-27-28(10-13)14-4-5-25-9-14/h2-3,6-8,10-11,14,25H,4-5,9H2,1H3,(H2,24,26)/t11-,14?/m1/s1. The normalized spacial score (nSPS) is 17.4. The Morgan fingerprint density at radius 2 is 2.14 bits per heavy atom. The first-order chi connectivity index (χ1) is 13.9. The predicted molar refractivity (Wildman–Crippen MR) is 112 cm³/mol. The van der Waals surface area contributed by atoms with E-state index in [0.29, 0.717) is 22.4 Å². The molecule has 4 rings (SSSR count). The van der Waals surface area contributed by atoms with E-state index in [1.54, 1.807) is 25.4 Å². The van der Waals surface area contributed by atoms with Crippen LogP contribution in [0.25, 0.3) is 11.1 Å². The molecule has 0 amide bonds. The molecule has 2 atom stereocenters. The molecule has 1 saturated heterocycles. The molecule has 0 spiro atoms.